The van der Waals surface area contributed by atoms with Gasteiger partial charge in [-0.25, -0.2) is 17.5 Å². The lowest BCUT2D eigenvalue weighted by atomic mass is 10.2. The Balaban J connectivity index is 2.84. The lowest BCUT2D eigenvalue weighted by molar-refractivity contribution is -0.139. The van der Waals surface area contributed by atoms with Gasteiger partial charge in [0.25, 0.3) is 0 Å². The lowest BCUT2D eigenvalue weighted by Crippen LogP contribution is -2.34. The van der Waals surface area contributed by atoms with Crippen LogP contribution in [0.5, 0.6) is 0 Å². The van der Waals surface area contributed by atoms with Gasteiger partial charge < -0.3 is 9.84 Å². The molecular weight excluding hydrogens is 313 g/mol. The van der Waals surface area contributed by atoms with Gasteiger partial charge in [-0.05, 0) is 18.2 Å². The first-order valence-corrected chi connectivity index (χ1v) is 7.31. The summed E-state index contributed by atoms with van der Waals surface area (Å²) in [6.07, 6.45) is -1.20. The summed E-state index contributed by atoms with van der Waals surface area (Å²) in [6.45, 7) is -0.266. The number of hydrogen-bond donors (Lipinski definition) is 2. The summed E-state index contributed by atoms with van der Waals surface area (Å²) >= 11 is 5.70. The molecule has 1 aromatic carbocycles. The van der Waals surface area contributed by atoms with E-state index in [2.05, 4.69) is 4.72 Å². The highest BCUT2D eigenvalue weighted by Crippen LogP contribution is 2.21. The molecule has 0 aromatic heterocycles. The number of benzene rings is 1. The third kappa shape index (κ3) is 4.71. The van der Waals surface area contributed by atoms with Crippen molar-refractivity contribution in [1.29, 1.82) is 0 Å². The Morgan fingerprint density at radius 2 is 2.20 bits per heavy atom. The average Bonchev–Trinajstić information content (AvgIpc) is 2.36. The maximum Gasteiger partial charge on any atom is 0.306 e. The molecule has 6 nitrogen and oxygen atoms in total. The zero-order chi connectivity index (χ0) is 15.3. The minimum atomic E-state index is -4.05. The Kier molecular flexibility index (Phi) is 5.88. The second kappa shape index (κ2) is 6.98. The summed E-state index contributed by atoms with van der Waals surface area (Å²) in [5, 5.41) is 8.48. The van der Waals surface area contributed by atoms with Crippen molar-refractivity contribution < 1.29 is 27.4 Å². The lowest BCUT2D eigenvalue weighted by Gasteiger charge is -2.14. The number of carbonyl (C=O) groups is 1. The summed E-state index contributed by atoms with van der Waals surface area (Å²) < 4.78 is 43.9. The highest BCUT2D eigenvalue weighted by atomic mass is 35.5. The first kappa shape index (κ1) is 16.8. The maximum atomic E-state index is 13.1. The topological polar surface area (TPSA) is 92.7 Å². The smallest absolute Gasteiger partial charge is 0.306 e. The minimum absolute atomic E-state index is 0.133. The van der Waals surface area contributed by atoms with Crippen LogP contribution in [0.15, 0.2) is 23.1 Å². The Hall–Kier alpha value is -1.22. The standard InChI is InChI=1S/C11H13ClFNO5S/c1-19-8(5-11(15)16)6-14-20(17,18)10-4-7(13)2-3-9(10)12/h2-4,8,14H,5-6H2,1H3,(H,15,16). The van der Waals surface area contributed by atoms with Crippen molar-refractivity contribution in [1.82, 2.24) is 4.72 Å². The van der Waals surface area contributed by atoms with Crippen molar-refractivity contribution in [3.8, 4) is 0 Å². The molecule has 0 heterocycles. The molecule has 1 rings (SSSR count). The number of sulfonamides is 1. The van der Waals surface area contributed by atoms with E-state index in [1.54, 1.807) is 0 Å². The van der Waals surface area contributed by atoms with Crippen LogP contribution >= 0.6 is 11.6 Å². The van der Waals surface area contributed by atoms with Crippen molar-refractivity contribution in [2.75, 3.05) is 13.7 Å². The molecule has 0 aliphatic heterocycles. The van der Waals surface area contributed by atoms with E-state index in [1.165, 1.54) is 7.11 Å². The molecule has 0 saturated heterocycles. The van der Waals surface area contributed by atoms with Crippen molar-refractivity contribution >= 4 is 27.6 Å². The van der Waals surface area contributed by atoms with E-state index in [0.29, 0.717) is 0 Å². The van der Waals surface area contributed by atoms with Gasteiger partial charge in [0.15, 0.2) is 0 Å². The van der Waals surface area contributed by atoms with Crippen LogP contribution in [0, 0.1) is 5.82 Å². The van der Waals surface area contributed by atoms with E-state index in [0.717, 1.165) is 18.2 Å². The van der Waals surface area contributed by atoms with Crippen molar-refractivity contribution in [3.63, 3.8) is 0 Å². The van der Waals surface area contributed by atoms with Crippen molar-refractivity contribution in [2.45, 2.75) is 17.4 Å². The van der Waals surface area contributed by atoms with Crippen molar-refractivity contribution in [2.24, 2.45) is 0 Å². The number of nitrogens with one attached hydrogen (secondary N) is 1. The molecule has 0 amide bonds. The van der Waals surface area contributed by atoms with Gasteiger partial charge in [-0.1, -0.05) is 11.6 Å². The third-order valence-corrected chi connectivity index (χ3v) is 4.32. The molecule has 1 atom stereocenters. The number of rotatable bonds is 7. The fraction of sp³-hybridized carbons (Fsp3) is 0.364. The van der Waals surface area contributed by atoms with Crippen LogP contribution in [0.1, 0.15) is 6.42 Å². The fourth-order valence-electron chi connectivity index (χ4n) is 1.40. The fourth-order valence-corrected chi connectivity index (χ4v) is 2.97. The second-order valence-corrected chi connectivity index (χ2v) is 6.02. The SMILES string of the molecule is COC(CNS(=O)(=O)c1cc(F)ccc1Cl)CC(=O)O. The molecule has 112 valence electrons. The highest BCUT2D eigenvalue weighted by molar-refractivity contribution is 7.89. The first-order chi connectivity index (χ1) is 9.26. The van der Waals surface area contributed by atoms with E-state index in [9.17, 15) is 17.6 Å². The van der Waals surface area contributed by atoms with E-state index in [1.807, 2.05) is 0 Å². The van der Waals surface area contributed by atoms with E-state index in [4.69, 9.17) is 21.4 Å². The number of aliphatic carboxylic acids is 1. The predicted octanol–water partition coefficient (Wildman–Crippen LogP) is 1.25. The molecule has 1 aromatic rings. The van der Waals surface area contributed by atoms with Gasteiger partial charge in [0.2, 0.25) is 10.0 Å². The minimum Gasteiger partial charge on any atom is -0.481 e. The summed E-state index contributed by atoms with van der Waals surface area (Å²) in [7, 11) is -2.79. The largest absolute Gasteiger partial charge is 0.481 e. The van der Waals surface area contributed by atoms with Gasteiger partial charge in [-0.2, -0.15) is 0 Å². The van der Waals surface area contributed by atoms with Crippen LogP contribution in [-0.2, 0) is 19.6 Å². The number of halogens is 2. The predicted molar refractivity (Wildman–Crippen MR) is 69.6 cm³/mol. The van der Waals surface area contributed by atoms with Crippen LogP contribution in [0.4, 0.5) is 4.39 Å². The Morgan fingerprint density at radius 3 is 2.75 bits per heavy atom. The zero-order valence-electron chi connectivity index (χ0n) is 10.5. The van der Waals surface area contributed by atoms with Gasteiger partial charge >= 0.3 is 5.97 Å². The van der Waals surface area contributed by atoms with Gasteiger partial charge in [0, 0.05) is 13.7 Å². The molecule has 2 N–H and O–H groups in total. The highest BCUT2D eigenvalue weighted by Gasteiger charge is 2.21. The molecule has 0 fully saturated rings. The number of carboxylic acid groups (broad SMARTS) is 1. The molecule has 0 saturated carbocycles. The second-order valence-electron chi connectivity index (χ2n) is 3.88. The number of hydrogen-bond acceptors (Lipinski definition) is 4. The summed E-state index contributed by atoms with van der Waals surface area (Å²) in [4.78, 5) is 10.1. The first-order valence-electron chi connectivity index (χ1n) is 5.45. The van der Waals surface area contributed by atoms with Crippen LogP contribution in [0.3, 0.4) is 0 Å². The van der Waals surface area contributed by atoms with Gasteiger partial charge in [-0.3, -0.25) is 4.79 Å². The van der Waals surface area contributed by atoms with E-state index >= 15 is 0 Å². The Labute approximate surface area is 120 Å². The van der Waals surface area contributed by atoms with Crippen molar-refractivity contribution in [3.05, 3.63) is 29.0 Å². The van der Waals surface area contributed by atoms with E-state index < -0.39 is 32.8 Å². The molecule has 0 aliphatic rings. The van der Waals surface area contributed by atoms with E-state index in [-0.39, 0.29) is 18.0 Å². The molecule has 1 unspecified atom stereocenters. The molecule has 0 spiro atoms. The van der Waals surface area contributed by atoms with Crippen LogP contribution in [0.2, 0.25) is 5.02 Å². The third-order valence-electron chi connectivity index (χ3n) is 2.42. The molecule has 9 heteroatoms. The summed E-state index contributed by atoms with van der Waals surface area (Å²) in [6, 6.07) is 2.93. The number of ether oxygens (including phenoxy) is 1. The normalized spacial score (nSPS) is 13.2. The molecular formula is C11H13ClFNO5S. The van der Waals surface area contributed by atoms with Gasteiger partial charge in [0.1, 0.15) is 10.7 Å². The monoisotopic (exact) mass is 325 g/mol. The molecule has 0 bridgehead atoms. The maximum absolute atomic E-state index is 13.1. The zero-order valence-corrected chi connectivity index (χ0v) is 12.0. The summed E-state index contributed by atoms with van der Waals surface area (Å²) in [5.41, 5.74) is 0. The molecule has 0 aliphatic carbocycles. The Bertz CT molecular complexity index is 592. The number of methoxy groups -OCH3 is 1. The molecule has 20 heavy (non-hydrogen) atoms. The molecule has 0 radical (unpaired) electrons. The van der Waals surface area contributed by atoms with Crippen LogP contribution < -0.4 is 4.72 Å². The van der Waals surface area contributed by atoms with Crippen LogP contribution in [-0.4, -0.2) is 39.3 Å². The van der Waals surface area contributed by atoms with Gasteiger partial charge in [-0.15, -0.1) is 0 Å². The average molecular weight is 326 g/mol. The summed E-state index contributed by atoms with van der Waals surface area (Å²) in [5.74, 6) is -1.87. The van der Waals surface area contributed by atoms with Gasteiger partial charge in [0.05, 0.1) is 17.5 Å². The quantitative estimate of drug-likeness (QED) is 0.787. The van der Waals surface area contributed by atoms with Crippen LogP contribution in [0.25, 0.3) is 0 Å². The number of carboxylic acids is 1. The Morgan fingerprint density at radius 1 is 1.55 bits per heavy atom.